The van der Waals surface area contributed by atoms with Crippen LogP contribution in [0.25, 0.3) is 0 Å². The molecule has 0 radical (unpaired) electrons. The lowest BCUT2D eigenvalue weighted by atomic mass is 9.92. The molecule has 0 bridgehead atoms. The van der Waals surface area contributed by atoms with Gasteiger partial charge in [0, 0.05) is 12.1 Å². The van der Waals surface area contributed by atoms with Crippen LogP contribution in [0.3, 0.4) is 0 Å². The van der Waals surface area contributed by atoms with Gasteiger partial charge in [-0.2, -0.15) is 13.2 Å². The van der Waals surface area contributed by atoms with E-state index in [-0.39, 0.29) is 12.5 Å². The molecule has 2 unspecified atom stereocenters. The number of hydrogen-bond acceptors (Lipinski definition) is 4. The predicted octanol–water partition coefficient (Wildman–Crippen LogP) is 2.58. The second kappa shape index (κ2) is 7.98. The maximum atomic E-state index is 12.7. The van der Waals surface area contributed by atoms with E-state index in [2.05, 4.69) is 5.32 Å². The number of rotatable bonds is 8. The third-order valence-corrected chi connectivity index (χ3v) is 3.50. The molecule has 4 nitrogen and oxygen atoms in total. The third kappa shape index (κ3) is 6.65. The van der Waals surface area contributed by atoms with E-state index in [0.717, 1.165) is 0 Å². The highest BCUT2D eigenvalue weighted by Gasteiger charge is 2.39. The van der Waals surface area contributed by atoms with E-state index < -0.39 is 30.3 Å². The largest absolute Gasteiger partial charge is 0.468 e. The quantitative estimate of drug-likeness (QED) is 0.700. The molecular weight excluding hydrogens is 285 g/mol. The summed E-state index contributed by atoms with van der Waals surface area (Å²) in [5.74, 6) is -0.466. The van der Waals surface area contributed by atoms with E-state index in [1.165, 1.54) is 12.0 Å². The second-order valence-corrected chi connectivity index (χ2v) is 5.79. The average molecular weight is 312 g/mol. The number of hydrogen-bond donors (Lipinski definition) is 1. The number of methoxy groups -OCH3 is 1. The van der Waals surface area contributed by atoms with Crippen molar-refractivity contribution in [3.63, 3.8) is 0 Å². The standard InChI is InChI=1S/C14H27F3N2O2/c1-7-18-13(5,12(20)21-6)8-11(4)19(10(2)3)9-14(15,16)17/h10-11,18H,7-9H2,1-6H3. The van der Waals surface area contributed by atoms with Crippen LogP contribution in [0.1, 0.15) is 41.0 Å². The van der Waals surface area contributed by atoms with Crippen molar-refractivity contribution in [3.05, 3.63) is 0 Å². The van der Waals surface area contributed by atoms with E-state index in [9.17, 15) is 18.0 Å². The maximum Gasteiger partial charge on any atom is 0.401 e. The lowest BCUT2D eigenvalue weighted by Crippen LogP contribution is -2.55. The molecule has 0 spiro atoms. The van der Waals surface area contributed by atoms with Crippen LogP contribution < -0.4 is 5.32 Å². The summed E-state index contributed by atoms with van der Waals surface area (Å²) in [7, 11) is 1.28. The lowest BCUT2D eigenvalue weighted by Gasteiger charge is -2.38. The molecule has 126 valence electrons. The van der Waals surface area contributed by atoms with Crippen LogP contribution >= 0.6 is 0 Å². The van der Waals surface area contributed by atoms with Crippen molar-refractivity contribution in [1.29, 1.82) is 0 Å². The molecule has 2 atom stereocenters. The number of likely N-dealkylation sites (N-methyl/N-ethyl adjacent to an activating group) is 1. The topological polar surface area (TPSA) is 41.6 Å². The van der Waals surface area contributed by atoms with Crippen LogP contribution in [0.5, 0.6) is 0 Å². The Labute approximate surface area is 125 Å². The summed E-state index contributed by atoms with van der Waals surface area (Å²) in [5, 5.41) is 3.01. The molecule has 1 N–H and O–H groups in total. The number of carbonyl (C=O) groups is 1. The number of esters is 1. The molecule has 0 aliphatic rings. The van der Waals surface area contributed by atoms with Gasteiger partial charge in [0.15, 0.2) is 0 Å². The fourth-order valence-corrected chi connectivity index (χ4v) is 2.61. The van der Waals surface area contributed by atoms with Crippen molar-refractivity contribution in [2.75, 3.05) is 20.2 Å². The van der Waals surface area contributed by atoms with Crippen LogP contribution in [0, 0.1) is 0 Å². The number of halogens is 3. The highest BCUT2D eigenvalue weighted by Crippen LogP contribution is 2.24. The Kier molecular flexibility index (Phi) is 7.67. The normalized spacial score (nSPS) is 16.9. The summed E-state index contributed by atoms with van der Waals surface area (Å²) < 4.78 is 42.8. The van der Waals surface area contributed by atoms with Gasteiger partial charge in [-0.3, -0.25) is 9.69 Å². The first-order valence-corrected chi connectivity index (χ1v) is 7.12. The van der Waals surface area contributed by atoms with E-state index in [1.807, 2.05) is 6.92 Å². The van der Waals surface area contributed by atoms with Crippen LogP contribution in [0.15, 0.2) is 0 Å². The molecule has 0 aromatic heterocycles. The highest BCUT2D eigenvalue weighted by atomic mass is 19.4. The average Bonchev–Trinajstić information content (AvgIpc) is 2.33. The molecule has 21 heavy (non-hydrogen) atoms. The summed E-state index contributed by atoms with van der Waals surface area (Å²) >= 11 is 0. The van der Waals surface area contributed by atoms with Crippen molar-refractivity contribution in [3.8, 4) is 0 Å². The molecule has 0 saturated heterocycles. The van der Waals surface area contributed by atoms with Crippen molar-refractivity contribution in [1.82, 2.24) is 10.2 Å². The zero-order chi connectivity index (χ0) is 16.8. The SMILES string of the molecule is CCNC(C)(CC(C)N(CC(F)(F)F)C(C)C)C(=O)OC. The van der Waals surface area contributed by atoms with E-state index in [4.69, 9.17) is 4.74 Å². The van der Waals surface area contributed by atoms with Gasteiger partial charge in [-0.25, -0.2) is 0 Å². The Morgan fingerprint density at radius 3 is 2.14 bits per heavy atom. The van der Waals surface area contributed by atoms with Crippen molar-refractivity contribution in [2.45, 2.75) is 64.8 Å². The summed E-state index contributed by atoms with van der Waals surface area (Å²) in [6, 6.07) is -0.695. The number of ether oxygens (including phenoxy) is 1. The molecule has 0 aromatic rings. The van der Waals surface area contributed by atoms with Crippen LogP contribution in [-0.2, 0) is 9.53 Å². The van der Waals surface area contributed by atoms with Gasteiger partial charge in [0.2, 0.25) is 0 Å². The molecule has 0 rings (SSSR count). The minimum Gasteiger partial charge on any atom is -0.468 e. The van der Waals surface area contributed by atoms with Gasteiger partial charge in [0.1, 0.15) is 5.54 Å². The molecule has 0 aliphatic carbocycles. The number of alkyl halides is 3. The maximum absolute atomic E-state index is 12.7. The number of carbonyl (C=O) groups excluding carboxylic acids is 1. The molecule has 0 aromatic carbocycles. The minimum atomic E-state index is -4.27. The van der Waals surface area contributed by atoms with E-state index in [0.29, 0.717) is 6.54 Å². The van der Waals surface area contributed by atoms with Crippen molar-refractivity contribution >= 4 is 5.97 Å². The Balaban J connectivity index is 5.08. The Morgan fingerprint density at radius 1 is 1.29 bits per heavy atom. The zero-order valence-corrected chi connectivity index (χ0v) is 13.7. The smallest absolute Gasteiger partial charge is 0.401 e. The number of nitrogens with zero attached hydrogens (tertiary/aromatic N) is 1. The summed E-state index contributed by atoms with van der Waals surface area (Å²) in [4.78, 5) is 13.3. The lowest BCUT2D eigenvalue weighted by molar-refractivity contribution is -0.158. The molecule has 0 fully saturated rings. The Hall–Kier alpha value is -0.820. The fourth-order valence-electron chi connectivity index (χ4n) is 2.61. The summed E-state index contributed by atoms with van der Waals surface area (Å²) in [6.45, 7) is 8.15. The van der Waals surface area contributed by atoms with Gasteiger partial charge >= 0.3 is 12.1 Å². The summed E-state index contributed by atoms with van der Waals surface area (Å²) in [5.41, 5.74) is -0.998. The van der Waals surface area contributed by atoms with E-state index >= 15 is 0 Å². The van der Waals surface area contributed by atoms with Gasteiger partial charge in [0.05, 0.1) is 13.7 Å². The Bertz CT molecular complexity index is 335. The zero-order valence-electron chi connectivity index (χ0n) is 13.7. The molecule has 0 heterocycles. The first kappa shape index (κ1) is 20.2. The molecule has 0 saturated carbocycles. The first-order valence-electron chi connectivity index (χ1n) is 7.12. The fraction of sp³-hybridized carbons (Fsp3) is 0.929. The summed E-state index contributed by atoms with van der Waals surface area (Å²) in [6.07, 6.45) is -4.03. The highest BCUT2D eigenvalue weighted by molar-refractivity contribution is 5.80. The van der Waals surface area contributed by atoms with Crippen LogP contribution in [0.4, 0.5) is 13.2 Å². The van der Waals surface area contributed by atoms with Crippen LogP contribution in [0.2, 0.25) is 0 Å². The van der Waals surface area contributed by atoms with E-state index in [1.54, 1.807) is 27.7 Å². The monoisotopic (exact) mass is 312 g/mol. The molecular formula is C14H27F3N2O2. The molecule has 7 heteroatoms. The molecule has 0 aliphatic heterocycles. The van der Waals surface area contributed by atoms with Gasteiger partial charge in [-0.05, 0) is 40.7 Å². The van der Waals surface area contributed by atoms with Crippen LogP contribution in [-0.4, -0.2) is 54.9 Å². The predicted molar refractivity (Wildman–Crippen MR) is 76.1 cm³/mol. The van der Waals surface area contributed by atoms with Gasteiger partial charge in [0.25, 0.3) is 0 Å². The number of nitrogens with one attached hydrogen (secondary N) is 1. The second-order valence-electron chi connectivity index (χ2n) is 5.79. The first-order chi connectivity index (χ1) is 9.46. The van der Waals surface area contributed by atoms with Crippen molar-refractivity contribution in [2.24, 2.45) is 0 Å². The van der Waals surface area contributed by atoms with Gasteiger partial charge < -0.3 is 10.1 Å². The minimum absolute atomic E-state index is 0.238. The van der Waals surface area contributed by atoms with Gasteiger partial charge in [-0.1, -0.05) is 6.92 Å². The Morgan fingerprint density at radius 2 is 1.81 bits per heavy atom. The van der Waals surface area contributed by atoms with Crippen molar-refractivity contribution < 1.29 is 22.7 Å². The molecule has 0 amide bonds. The third-order valence-electron chi connectivity index (χ3n) is 3.50. The van der Waals surface area contributed by atoms with Gasteiger partial charge in [-0.15, -0.1) is 0 Å².